The molecule has 0 spiro atoms. The van der Waals surface area contributed by atoms with Crippen LogP contribution in [0.25, 0.3) is 11.2 Å². The van der Waals surface area contributed by atoms with E-state index in [1.54, 1.807) is 13.4 Å². The molecule has 2 aliphatic carbocycles. The molecule has 346 valence electrons. The summed E-state index contributed by atoms with van der Waals surface area (Å²) in [7, 11) is 2.48. The quantitative estimate of drug-likeness (QED) is 0.0341. The number of hydrogen-bond acceptors (Lipinski definition) is 6. The lowest BCUT2D eigenvalue weighted by atomic mass is 9.63. The zero-order chi connectivity index (χ0) is 46.2. The van der Waals surface area contributed by atoms with Crippen LogP contribution in [-0.4, -0.2) is 43.3 Å². The molecule has 3 aromatic carbocycles. The molecule has 0 aliphatic heterocycles. The summed E-state index contributed by atoms with van der Waals surface area (Å²) in [6, 6.07) is 32.4. The van der Waals surface area contributed by atoms with Gasteiger partial charge in [0.05, 0.1) is 25.2 Å². The molecular weight excluding hydrogens is 931 g/mol. The second kappa shape index (κ2) is 25.3. The van der Waals surface area contributed by atoms with Crippen molar-refractivity contribution in [2.45, 2.75) is 130 Å². The molecule has 9 heteroatoms. The Labute approximate surface area is 406 Å². The van der Waals surface area contributed by atoms with E-state index in [2.05, 4.69) is 183 Å². The lowest BCUT2D eigenvalue weighted by Crippen LogP contribution is -2.32. The maximum absolute atomic E-state index is 8.13. The molecule has 2 heterocycles. The molecule has 0 amide bonds. The molecule has 2 aliphatic rings. The topological polar surface area (TPSA) is 88.7 Å². The number of benzene rings is 3. The van der Waals surface area contributed by atoms with Crippen molar-refractivity contribution >= 4 is 42.5 Å². The first kappa shape index (κ1) is 50.5. The number of aryl methyl sites for hydroxylation is 3. The number of alkyl halides is 1. The molecule has 1 N–H and O–H groups in total. The van der Waals surface area contributed by atoms with Crippen LogP contribution >= 0.6 is 31.3 Å². The van der Waals surface area contributed by atoms with Gasteiger partial charge in [0.1, 0.15) is 17.6 Å². The minimum atomic E-state index is -0.292. The summed E-state index contributed by atoms with van der Waals surface area (Å²) in [5, 5.41) is 12.0. The fraction of sp³-hybridized carbons (Fsp3) is 0.500. The number of rotatable bonds is 21. The lowest BCUT2D eigenvalue weighted by molar-refractivity contribution is 0.278. The smallest absolute Gasteiger partial charge is 0.163 e. The minimum absolute atomic E-state index is 0.292. The molecule has 65 heavy (non-hydrogen) atoms. The number of hydrogen-bond donors (Lipinski definition) is 1. The molecular formula is C56H74IN6OP. The Balaban J connectivity index is 0.000000800. The summed E-state index contributed by atoms with van der Waals surface area (Å²) in [4.78, 5) is 14.7. The van der Waals surface area contributed by atoms with E-state index in [1.807, 2.05) is 0 Å². The van der Waals surface area contributed by atoms with E-state index in [1.165, 1.54) is 40.4 Å². The Morgan fingerprint density at radius 1 is 0.923 bits per heavy atom. The van der Waals surface area contributed by atoms with Crippen LogP contribution in [0.15, 0.2) is 115 Å². The average molecular weight is 1010 g/mol. The largest absolute Gasteiger partial charge is 0.497 e. The zero-order valence-corrected chi connectivity index (χ0v) is 43.3. The summed E-state index contributed by atoms with van der Waals surface area (Å²) in [6.07, 6.45) is 24.0. The van der Waals surface area contributed by atoms with Crippen molar-refractivity contribution in [1.29, 1.82) is 5.26 Å². The fourth-order valence-electron chi connectivity index (χ4n) is 10.3. The number of halogens is 1. The first-order chi connectivity index (χ1) is 31.6. The third-order valence-corrected chi connectivity index (χ3v) is 16.0. The Kier molecular flexibility index (Phi) is 19.7. The van der Waals surface area contributed by atoms with Crippen molar-refractivity contribution in [2.75, 3.05) is 17.7 Å². The Bertz CT molecular complexity index is 2300. The highest BCUT2D eigenvalue weighted by atomic mass is 127. The van der Waals surface area contributed by atoms with Gasteiger partial charge in [-0.3, -0.25) is 5.09 Å². The molecule has 0 saturated heterocycles. The van der Waals surface area contributed by atoms with Gasteiger partial charge in [-0.1, -0.05) is 143 Å². The molecule has 6 unspecified atom stereocenters. The van der Waals surface area contributed by atoms with Gasteiger partial charge in [-0.2, -0.15) is 5.26 Å². The standard InChI is InChI=1S/C49H61IN5OP.C7H13N/c1-34(2)54-57-31-44-38(27-28-49(39-18-13-35(3)14-19-39,40-20-15-36(4)16-21-40)41-22-24-42(56-5)25-23-41)30-46(43(44)26-17-37-10-7-6-8-11-37)55-33-53-47-45(12-9-29-50)51-32-52-48(47)55;1-7(2)5-3-4-6-8/h6-8,10-11,13-15,18-25,32-34,36,38,43-44,46,54,57H,9,12,16-17,26-31H2,1-5H3;7H,3-5H2,1-2H3/t36?,38?,43?,44-,46?,49?;/m1./s1. The summed E-state index contributed by atoms with van der Waals surface area (Å²) in [5.74, 6) is 3.77. The monoisotopic (exact) mass is 1000 g/mol. The average Bonchev–Trinajstić information content (AvgIpc) is 3.90. The van der Waals surface area contributed by atoms with Crippen LogP contribution in [0.3, 0.4) is 0 Å². The van der Waals surface area contributed by atoms with Crippen LogP contribution in [0, 0.1) is 47.8 Å². The maximum Gasteiger partial charge on any atom is 0.163 e. The van der Waals surface area contributed by atoms with Crippen molar-refractivity contribution in [3.8, 4) is 11.8 Å². The Morgan fingerprint density at radius 2 is 1.66 bits per heavy atom. The van der Waals surface area contributed by atoms with Crippen LogP contribution < -0.4 is 9.82 Å². The molecule has 0 radical (unpaired) electrons. The lowest BCUT2D eigenvalue weighted by Gasteiger charge is -2.40. The van der Waals surface area contributed by atoms with Crippen LogP contribution in [0.1, 0.15) is 126 Å². The van der Waals surface area contributed by atoms with Gasteiger partial charge in [0.25, 0.3) is 0 Å². The molecule has 1 saturated carbocycles. The third-order valence-electron chi connectivity index (χ3n) is 13.8. The first-order valence-corrected chi connectivity index (χ1v) is 27.0. The Hall–Kier alpha value is -3.90. The highest BCUT2D eigenvalue weighted by Gasteiger charge is 2.46. The predicted octanol–water partition coefficient (Wildman–Crippen LogP) is 14.2. The van der Waals surface area contributed by atoms with Crippen molar-refractivity contribution in [3.63, 3.8) is 0 Å². The normalized spacial score (nSPS) is 20.5. The van der Waals surface area contributed by atoms with Crippen LogP contribution in [0.2, 0.25) is 0 Å². The first-order valence-electron chi connectivity index (χ1n) is 24.3. The van der Waals surface area contributed by atoms with Crippen LogP contribution in [-0.2, 0) is 18.3 Å². The molecule has 2 aromatic heterocycles. The zero-order valence-electron chi connectivity index (χ0n) is 40.1. The van der Waals surface area contributed by atoms with E-state index < -0.39 is 0 Å². The van der Waals surface area contributed by atoms with Gasteiger partial charge in [-0.25, -0.2) is 15.0 Å². The summed E-state index contributed by atoms with van der Waals surface area (Å²) in [6.45, 7) is 13.4. The molecule has 7 rings (SSSR count). The number of nitriles is 1. The van der Waals surface area contributed by atoms with Gasteiger partial charge in [0.2, 0.25) is 0 Å². The van der Waals surface area contributed by atoms with E-state index in [0.29, 0.717) is 35.8 Å². The van der Waals surface area contributed by atoms with E-state index >= 15 is 0 Å². The van der Waals surface area contributed by atoms with Gasteiger partial charge >= 0.3 is 0 Å². The fourth-order valence-corrected chi connectivity index (χ4v) is 12.1. The predicted molar refractivity (Wildman–Crippen MR) is 282 cm³/mol. The van der Waals surface area contributed by atoms with E-state index in [4.69, 9.17) is 25.0 Å². The van der Waals surface area contributed by atoms with Gasteiger partial charge in [-0.15, -0.1) is 0 Å². The number of nitrogens with one attached hydrogen (secondary N) is 1. The molecule has 5 aromatic rings. The van der Waals surface area contributed by atoms with Gasteiger partial charge in [0.15, 0.2) is 5.65 Å². The minimum Gasteiger partial charge on any atom is -0.497 e. The van der Waals surface area contributed by atoms with Gasteiger partial charge in [-0.05, 0) is 160 Å². The number of fused-ring (bicyclic) bond motifs is 1. The maximum atomic E-state index is 8.13. The number of methoxy groups -OCH3 is 1. The van der Waals surface area contributed by atoms with Gasteiger partial charge in [0, 0.05) is 23.9 Å². The van der Waals surface area contributed by atoms with E-state index in [-0.39, 0.29) is 5.41 Å². The number of imidazole rings is 1. The SMILES string of the molecule is CC(C)CCCC#N.COc1ccc(C(CCC2CC(n3cnc4c(CCCI)ncnc43)C(CCc3ccccc3)[C@@H]2CPNC(C)C)(C2=CCC(C)C=C2)c2ccc(C)cc2)cc1. The second-order valence-corrected chi connectivity index (χ2v) is 21.4. The van der Waals surface area contributed by atoms with Crippen molar-refractivity contribution < 1.29 is 4.74 Å². The summed E-state index contributed by atoms with van der Waals surface area (Å²) in [5.41, 5.74) is 9.61. The Morgan fingerprint density at radius 3 is 2.31 bits per heavy atom. The van der Waals surface area contributed by atoms with Crippen LogP contribution in [0.5, 0.6) is 5.75 Å². The van der Waals surface area contributed by atoms with E-state index in [9.17, 15) is 0 Å². The van der Waals surface area contributed by atoms with E-state index in [0.717, 1.165) is 106 Å². The number of nitrogens with zero attached hydrogens (tertiary/aromatic N) is 5. The van der Waals surface area contributed by atoms with Crippen molar-refractivity contribution in [2.24, 2.45) is 29.6 Å². The number of unbranched alkanes of at least 4 members (excludes halogenated alkanes) is 1. The van der Waals surface area contributed by atoms with Gasteiger partial charge < -0.3 is 9.30 Å². The highest BCUT2D eigenvalue weighted by molar-refractivity contribution is 14.1. The number of aromatic nitrogens is 4. The number of allylic oxidation sites excluding steroid dienone is 4. The van der Waals surface area contributed by atoms with Crippen molar-refractivity contribution in [3.05, 3.63) is 143 Å². The molecule has 7 atom stereocenters. The third kappa shape index (κ3) is 13.4. The second-order valence-electron chi connectivity index (χ2n) is 19.2. The van der Waals surface area contributed by atoms with Crippen LogP contribution in [0.4, 0.5) is 0 Å². The molecule has 1 fully saturated rings. The van der Waals surface area contributed by atoms with Crippen molar-refractivity contribution in [1.82, 2.24) is 24.6 Å². The highest BCUT2D eigenvalue weighted by Crippen LogP contribution is 2.54. The molecule has 0 bridgehead atoms. The summed E-state index contributed by atoms with van der Waals surface area (Å²) >= 11 is 2.46. The summed E-state index contributed by atoms with van der Waals surface area (Å²) < 4.78 is 9.27. The molecule has 7 nitrogen and oxygen atoms in total. The number of ether oxygens (including phenoxy) is 1.